The van der Waals surface area contributed by atoms with E-state index in [1.165, 1.54) is 30.2 Å². The Bertz CT molecular complexity index is 1220. The Kier molecular flexibility index (Phi) is 7.50. The van der Waals surface area contributed by atoms with Crippen LogP contribution in [0.25, 0.3) is 10.9 Å². The van der Waals surface area contributed by atoms with Gasteiger partial charge in [-0.2, -0.15) is 0 Å². The summed E-state index contributed by atoms with van der Waals surface area (Å²) in [6, 6.07) is 15.1. The molecule has 0 radical (unpaired) electrons. The maximum Gasteiger partial charge on any atom is 0.262 e. The molecule has 0 aliphatic heterocycles. The van der Waals surface area contributed by atoms with Gasteiger partial charge in [0.05, 0.1) is 16.7 Å². The summed E-state index contributed by atoms with van der Waals surface area (Å²) in [4.78, 5) is 32.6. The average Bonchev–Trinajstić information content (AvgIpc) is 2.83. The van der Waals surface area contributed by atoms with Crippen molar-refractivity contribution < 1.29 is 4.79 Å². The van der Waals surface area contributed by atoms with E-state index in [0.717, 1.165) is 30.6 Å². The van der Waals surface area contributed by atoms with Crippen LogP contribution in [0.4, 0.5) is 11.4 Å². The van der Waals surface area contributed by atoms with E-state index in [-0.39, 0.29) is 17.2 Å². The molecule has 0 saturated heterocycles. The third-order valence-corrected chi connectivity index (χ3v) is 6.84. The van der Waals surface area contributed by atoms with Gasteiger partial charge in [0.2, 0.25) is 5.91 Å². The van der Waals surface area contributed by atoms with Gasteiger partial charge in [-0.15, -0.1) is 0 Å². The highest BCUT2D eigenvalue weighted by molar-refractivity contribution is 7.99. The van der Waals surface area contributed by atoms with E-state index in [2.05, 4.69) is 11.4 Å². The molecular weight excluding hydrogens is 432 g/mol. The van der Waals surface area contributed by atoms with Crippen molar-refractivity contribution in [3.05, 3.63) is 70.5 Å². The molecule has 1 N–H and O–H groups in total. The number of anilines is 2. The van der Waals surface area contributed by atoms with E-state index >= 15 is 0 Å². The molecule has 0 saturated carbocycles. The van der Waals surface area contributed by atoms with Crippen LogP contribution in [-0.2, 0) is 11.3 Å². The van der Waals surface area contributed by atoms with Gasteiger partial charge in [0.15, 0.2) is 5.16 Å². The minimum Gasteiger partial charge on any atom is -0.378 e. The minimum atomic E-state index is -0.124. The summed E-state index contributed by atoms with van der Waals surface area (Å²) in [7, 11) is 3.95. The molecule has 7 heteroatoms. The number of fused-ring (bicyclic) bond motifs is 1. The molecule has 6 nitrogen and oxygen atoms in total. The highest BCUT2D eigenvalue weighted by Gasteiger charge is 2.14. The Hall–Kier alpha value is -3.06. The van der Waals surface area contributed by atoms with Crippen molar-refractivity contribution in [2.45, 2.75) is 43.8 Å². The molecule has 172 valence electrons. The quantitative estimate of drug-likeness (QED) is 0.287. The van der Waals surface area contributed by atoms with Gasteiger partial charge in [0.25, 0.3) is 5.56 Å². The number of aromatic nitrogens is 2. The number of nitrogens with zero attached hydrogens (tertiary/aromatic N) is 3. The van der Waals surface area contributed by atoms with Gasteiger partial charge in [-0.05, 0) is 68.5 Å². The van der Waals surface area contributed by atoms with Crippen LogP contribution in [0.15, 0.2) is 70.1 Å². The van der Waals surface area contributed by atoms with Gasteiger partial charge >= 0.3 is 0 Å². The Morgan fingerprint density at radius 3 is 2.64 bits per heavy atom. The number of rotatable bonds is 8. The fraction of sp³-hybridized carbons (Fsp3) is 0.346. The van der Waals surface area contributed by atoms with Crippen LogP contribution in [-0.4, -0.2) is 35.3 Å². The number of hydrogen-bond acceptors (Lipinski definition) is 5. The fourth-order valence-electron chi connectivity index (χ4n) is 4.01. The second-order valence-corrected chi connectivity index (χ2v) is 9.45. The molecule has 0 unspecified atom stereocenters. The van der Waals surface area contributed by atoms with E-state index in [9.17, 15) is 9.59 Å². The molecule has 33 heavy (non-hydrogen) atoms. The van der Waals surface area contributed by atoms with Gasteiger partial charge in [-0.1, -0.05) is 35.5 Å². The number of nitrogens with one attached hydrogen (secondary N) is 1. The van der Waals surface area contributed by atoms with Crippen molar-refractivity contribution in [3.63, 3.8) is 0 Å². The first-order chi connectivity index (χ1) is 16.0. The number of hydrogen-bond donors (Lipinski definition) is 1. The van der Waals surface area contributed by atoms with Crippen molar-refractivity contribution in [1.29, 1.82) is 0 Å². The smallest absolute Gasteiger partial charge is 0.262 e. The standard InChI is InChI=1S/C26H30N4O2S/c1-29(2)21-14-12-20(13-15-21)27-24(31)18-33-26-28-23-11-7-6-10-22(23)25(32)30(26)17-16-19-8-4-3-5-9-19/h6-8,10-15H,3-5,9,16-18H2,1-2H3,(H,27,31). The molecule has 3 aromatic rings. The molecule has 0 bridgehead atoms. The zero-order valence-electron chi connectivity index (χ0n) is 19.2. The molecule has 0 atom stereocenters. The molecular formula is C26H30N4O2S. The minimum absolute atomic E-state index is 0.0424. The molecule has 0 fully saturated rings. The van der Waals surface area contributed by atoms with E-state index in [4.69, 9.17) is 4.98 Å². The fourth-order valence-corrected chi connectivity index (χ4v) is 4.84. The summed E-state index contributed by atoms with van der Waals surface area (Å²) < 4.78 is 1.74. The van der Waals surface area contributed by atoms with E-state index < -0.39 is 0 Å². The van der Waals surface area contributed by atoms with Crippen LogP contribution in [0.1, 0.15) is 32.1 Å². The number of carbonyl (C=O) groups is 1. The average molecular weight is 463 g/mol. The first-order valence-electron chi connectivity index (χ1n) is 11.4. The Morgan fingerprint density at radius 1 is 1.12 bits per heavy atom. The number of benzene rings is 2. The molecule has 0 spiro atoms. The van der Waals surface area contributed by atoms with Gasteiger partial charge in [0, 0.05) is 32.0 Å². The summed E-state index contributed by atoms with van der Waals surface area (Å²) in [6.07, 6.45) is 7.84. The van der Waals surface area contributed by atoms with Gasteiger partial charge in [-0.3, -0.25) is 14.2 Å². The lowest BCUT2D eigenvalue weighted by Gasteiger charge is -2.16. The maximum atomic E-state index is 13.2. The summed E-state index contributed by atoms with van der Waals surface area (Å²) in [5.74, 6) is 0.0599. The topological polar surface area (TPSA) is 67.2 Å². The van der Waals surface area contributed by atoms with Gasteiger partial charge in [-0.25, -0.2) is 4.98 Å². The van der Waals surface area contributed by atoms with Crippen LogP contribution >= 0.6 is 11.8 Å². The third kappa shape index (κ3) is 5.85. The number of thioether (sulfide) groups is 1. The van der Waals surface area contributed by atoms with Gasteiger partial charge in [0.1, 0.15) is 0 Å². The van der Waals surface area contributed by atoms with Crippen LogP contribution in [0.3, 0.4) is 0 Å². The SMILES string of the molecule is CN(C)c1ccc(NC(=O)CSc2nc3ccccc3c(=O)n2CCC2=CCCCC2)cc1. The highest BCUT2D eigenvalue weighted by Crippen LogP contribution is 2.23. The molecule has 2 aromatic carbocycles. The second-order valence-electron chi connectivity index (χ2n) is 8.50. The van der Waals surface area contributed by atoms with E-state index in [1.54, 1.807) is 4.57 Å². The van der Waals surface area contributed by atoms with Crippen molar-refractivity contribution in [1.82, 2.24) is 9.55 Å². The number of amides is 1. The van der Waals surface area contributed by atoms with Crippen LogP contribution in [0.2, 0.25) is 0 Å². The number of carbonyl (C=O) groups excluding carboxylic acids is 1. The van der Waals surface area contributed by atoms with E-state index in [0.29, 0.717) is 22.6 Å². The molecule has 1 aliphatic carbocycles. The van der Waals surface area contributed by atoms with Crippen LogP contribution < -0.4 is 15.8 Å². The predicted octanol–water partition coefficient (Wildman–Crippen LogP) is 5.08. The molecule has 1 amide bonds. The maximum absolute atomic E-state index is 13.2. The highest BCUT2D eigenvalue weighted by atomic mass is 32.2. The Balaban J connectivity index is 1.49. The van der Waals surface area contributed by atoms with Crippen LogP contribution in [0.5, 0.6) is 0 Å². The largest absolute Gasteiger partial charge is 0.378 e. The van der Waals surface area contributed by atoms with Crippen molar-refractivity contribution >= 4 is 39.9 Å². The summed E-state index contributed by atoms with van der Waals surface area (Å²) in [5, 5.41) is 4.14. The van der Waals surface area contributed by atoms with Crippen molar-refractivity contribution in [2.24, 2.45) is 0 Å². The zero-order chi connectivity index (χ0) is 23.2. The third-order valence-electron chi connectivity index (χ3n) is 5.87. The number of para-hydroxylation sites is 1. The molecule has 1 heterocycles. The summed E-state index contributed by atoms with van der Waals surface area (Å²) in [5.41, 5.74) is 3.85. The second kappa shape index (κ2) is 10.7. The lowest BCUT2D eigenvalue weighted by Crippen LogP contribution is -2.24. The van der Waals surface area contributed by atoms with Crippen molar-refractivity contribution in [3.8, 4) is 0 Å². The Labute approximate surface area is 198 Å². The normalized spacial score (nSPS) is 13.6. The number of allylic oxidation sites excluding steroid dienone is 2. The lowest BCUT2D eigenvalue weighted by molar-refractivity contribution is -0.113. The monoisotopic (exact) mass is 462 g/mol. The first-order valence-corrected chi connectivity index (χ1v) is 12.4. The predicted molar refractivity (Wildman–Crippen MR) is 137 cm³/mol. The molecule has 1 aliphatic rings. The summed E-state index contributed by atoms with van der Waals surface area (Å²) >= 11 is 1.31. The molecule has 1 aromatic heterocycles. The van der Waals surface area contributed by atoms with Crippen molar-refractivity contribution in [2.75, 3.05) is 30.1 Å². The molecule has 4 rings (SSSR count). The van der Waals surface area contributed by atoms with Crippen LogP contribution in [0, 0.1) is 0 Å². The summed E-state index contributed by atoms with van der Waals surface area (Å²) in [6.45, 7) is 0.582. The first kappa shape index (κ1) is 23.1. The lowest BCUT2D eigenvalue weighted by atomic mass is 9.97. The van der Waals surface area contributed by atoms with Gasteiger partial charge < -0.3 is 10.2 Å². The Morgan fingerprint density at radius 2 is 1.91 bits per heavy atom. The zero-order valence-corrected chi connectivity index (χ0v) is 20.0. The van der Waals surface area contributed by atoms with E-state index in [1.807, 2.05) is 67.5 Å².